The summed E-state index contributed by atoms with van der Waals surface area (Å²) in [5.74, 6) is -1.04. The topological polar surface area (TPSA) is 75.1 Å². The first-order chi connectivity index (χ1) is 16.6. The molecular formula is C26H28N4O4. The van der Waals surface area contributed by atoms with E-state index in [0.717, 1.165) is 11.2 Å². The van der Waals surface area contributed by atoms with Crippen molar-refractivity contribution in [2.75, 3.05) is 57.4 Å². The summed E-state index contributed by atoms with van der Waals surface area (Å²) < 4.78 is 7.11. The molecule has 1 aromatic heterocycles. The summed E-state index contributed by atoms with van der Waals surface area (Å²) in [6.45, 7) is 4.67. The van der Waals surface area contributed by atoms with Gasteiger partial charge in [0.1, 0.15) is 6.54 Å². The van der Waals surface area contributed by atoms with Crippen LogP contribution in [-0.2, 0) is 20.9 Å². The summed E-state index contributed by atoms with van der Waals surface area (Å²) in [5.41, 5.74) is 2.24. The minimum atomic E-state index is -0.526. The Balaban J connectivity index is 1.31. The second-order valence-electron chi connectivity index (χ2n) is 8.62. The van der Waals surface area contributed by atoms with Crippen molar-refractivity contribution in [1.82, 2.24) is 14.4 Å². The van der Waals surface area contributed by atoms with Gasteiger partial charge in [0, 0.05) is 62.1 Å². The Hall–Kier alpha value is -3.65. The van der Waals surface area contributed by atoms with E-state index in [9.17, 15) is 14.4 Å². The van der Waals surface area contributed by atoms with E-state index in [1.54, 1.807) is 20.6 Å². The van der Waals surface area contributed by atoms with Crippen molar-refractivity contribution < 1.29 is 19.1 Å². The smallest absolute Gasteiger partial charge is 0.295 e. The molecule has 2 aliphatic heterocycles. The summed E-state index contributed by atoms with van der Waals surface area (Å²) in [6, 6.07) is 17.5. The van der Waals surface area contributed by atoms with E-state index in [2.05, 4.69) is 17.0 Å². The minimum Gasteiger partial charge on any atom is -0.378 e. The molecule has 2 aromatic carbocycles. The molecule has 3 aromatic rings. The molecule has 5 rings (SSSR count). The summed E-state index contributed by atoms with van der Waals surface area (Å²) >= 11 is 0. The van der Waals surface area contributed by atoms with E-state index in [4.69, 9.17) is 4.74 Å². The molecule has 2 saturated heterocycles. The van der Waals surface area contributed by atoms with Gasteiger partial charge in [0.15, 0.2) is 0 Å². The van der Waals surface area contributed by atoms with Gasteiger partial charge in [-0.3, -0.25) is 14.4 Å². The lowest BCUT2D eigenvalue weighted by Gasteiger charge is -2.35. The molecule has 8 nitrogen and oxygen atoms in total. The zero-order valence-corrected chi connectivity index (χ0v) is 19.1. The number of carbonyl (C=O) groups is 3. The van der Waals surface area contributed by atoms with Gasteiger partial charge in [-0.2, -0.15) is 0 Å². The number of fused-ring (bicyclic) bond motifs is 1. The standard InChI is InChI=1S/C26H28N4O4/c31-24(28-14-16-34-17-15-28)19-30-18-22(21-8-4-5-9-23(21)30)25(32)26(33)29-12-10-27(11-13-29)20-6-2-1-3-7-20/h1-9,18H,10-17,19H2. The summed E-state index contributed by atoms with van der Waals surface area (Å²) in [6.07, 6.45) is 1.66. The van der Waals surface area contributed by atoms with E-state index in [1.807, 2.05) is 42.5 Å². The van der Waals surface area contributed by atoms with E-state index >= 15 is 0 Å². The molecule has 2 amide bonds. The van der Waals surface area contributed by atoms with E-state index in [0.29, 0.717) is 63.4 Å². The van der Waals surface area contributed by atoms with Gasteiger partial charge >= 0.3 is 0 Å². The number of ether oxygens (including phenoxy) is 1. The number of hydrogen-bond donors (Lipinski definition) is 0. The number of nitrogens with zero attached hydrogens (tertiary/aromatic N) is 4. The third kappa shape index (κ3) is 4.41. The lowest BCUT2D eigenvalue weighted by Crippen LogP contribution is -2.50. The number of anilines is 1. The maximum absolute atomic E-state index is 13.3. The fourth-order valence-electron chi connectivity index (χ4n) is 4.68. The first-order valence-electron chi connectivity index (χ1n) is 11.7. The van der Waals surface area contributed by atoms with Crippen LogP contribution in [-0.4, -0.2) is 84.4 Å². The molecule has 2 fully saturated rings. The zero-order valence-electron chi connectivity index (χ0n) is 19.1. The van der Waals surface area contributed by atoms with Crippen molar-refractivity contribution in [2.24, 2.45) is 0 Å². The summed E-state index contributed by atoms with van der Waals surface area (Å²) in [5, 5.41) is 0.693. The SMILES string of the molecule is O=C(C(=O)N1CCN(c2ccccc2)CC1)c1cn(CC(=O)N2CCOCC2)c2ccccc12. The van der Waals surface area contributed by atoms with E-state index in [-0.39, 0.29) is 12.5 Å². The van der Waals surface area contributed by atoms with Gasteiger partial charge in [0.2, 0.25) is 5.91 Å². The number of morpholine rings is 1. The van der Waals surface area contributed by atoms with Crippen LogP contribution in [0.2, 0.25) is 0 Å². The highest BCUT2D eigenvalue weighted by molar-refractivity contribution is 6.44. The number of amides is 2. The highest BCUT2D eigenvalue weighted by Crippen LogP contribution is 2.23. The van der Waals surface area contributed by atoms with Crippen LogP contribution in [0.3, 0.4) is 0 Å². The highest BCUT2D eigenvalue weighted by Gasteiger charge is 2.29. The number of Topliss-reactive ketones (excluding diaryl/α,β-unsaturated/α-hetero) is 1. The van der Waals surface area contributed by atoms with Crippen LogP contribution in [0.15, 0.2) is 60.8 Å². The molecule has 3 heterocycles. The molecule has 176 valence electrons. The van der Waals surface area contributed by atoms with Crippen molar-refractivity contribution in [3.05, 3.63) is 66.4 Å². The number of benzene rings is 2. The molecule has 0 spiro atoms. The van der Waals surface area contributed by atoms with Gasteiger partial charge in [-0.1, -0.05) is 36.4 Å². The van der Waals surface area contributed by atoms with Crippen LogP contribution in [0.5, 0.6) is 0 Å². The number of ketones is 1. The Morgan fingerprint density at radius 3 is 2.18 bits per heavy atom. The van der Waals surface area contributed by atoms with E-state index < -0.39 is 11.7 Å². The Labute approximate surface area is 198 Å². The van der Waals surface area contributed by atoms with Crippen LogP contribution in [0.1, 0.15) is 10.4 Å². The second kappa shape index (κ2) is 9.69. The number of aromatic nitrogens is 1. The molecule has 0 aliphatic carbocycles. The fraction of sp³-hybridized carbons (Fsp3) is 0.346. The maximum atomic E-state index is 13.3. The monoisotopic (exact) mass is 460 g/mol. The van der Waals surface area contributed by atoms with Crippen molar-refractivity contribution in [3.8, 4) is 0 Å². The van der Waals surface area contributed by atoms with Gasteiger partial charge < -0.3 is 24.0 Å². The molecule has 0 atom stereocenters. The summed E-state index contributed by atoms with van der Waals surface area (Å²) in [4.78, 5) is 44.8. The highest BCUT2D eigenvalue weighted by atomic mass is 16.5. The van der Waals surface area contributed by atoms with Crippen molar-refractivity contribution in [1.29, 1.82) is 0 Å². The first kappa shape index (κ1) is 22.2. The third-order valence-electron chi connectivity index (χ3n) is 6.59. The van der Waals surface area contributed by atoms with Crippen LogP contribution < -0.4 is 4.90 Å². The van der Waals surface area contributed by atoms with Gasteiger partial charge in [-0.05, 0) is 18.2 Å². The lowest BCUT2D eigenvalue weighted by atomic mass is 10.1. The lowest BCUT2D eigenvalue weighted by molar-refractivity contribution is -0.135. The zero-order chi connectivity index (χ0) is 23.5. The average Bonchev–Trinajstić information content (AvgIpc) is 3.27. The number of para-hydroxylation sites is 2. The Morgan fingerprint density at radius 1 is 0.765 bits per heavy atom. The van der Waals surface area contributed by atoms with Gasteiger partial charge in [0.05, 0.1) is 18.8 Å². The van der Waals surface area contributed by atoms with Crippen LogP contribution in [0, 0.1) is 0 Å². The number of rotatable bonds is 5. The van der Waals surface area contributed by atoms with Crippen molar-refractivity contribution in [2.45, 2.75) is 6.54 Å². The number of piperazine rings is 1. The van der Waals surface area contributed by atoms with Gasteiger partial charge in [-0.15, -0.1) is 0 Å². The Kier molecular flexibility index (Phi) is 6.31. The quantitative estimate of drug-likeness (QED) is 0.430. The van der Waals surface area contributed by atoms with Crippen molar-refractivity contribution in [3.63, 3.8) is 0 Å². The maximum Gasteiger partial charge on any atom is 0.295 e. The molecule has 0 unspecified atom stereocenters. The molecule has 8 heteroatoms. The largest absolute Gasteiger partial charge is 0.378 e. The fourth-order valence-corrected chi connectivity index (χ4v) is 4.68. The Morgan fingerprint density at radius 2 is 1.44 bits per heavy atom. The summed E-state index contributed by atoms with van der Waals surface area (Å²) in [7, 11) is 0. The van der Waals surface area contributed by atoms with Crippen molar-refractivity contribution >= 4 is 34.2 Å². The van der Waals surface area contributed by atoms with Crippen LogP contribution >= 0.6 is 0 Å². The third-order valence-corrected chi connectivity index (χ3v) is 6.59. The first-order valence-corrected chi connectivity index (χ1v) is 11.7. The molecule has 34 heavy (non-hydrogen) atoms. The number of carbonyl (C=O) groups excluding carboxylic acids is 3. The average molecular weight is 461 g/mol. The number of hydrogen-bond acceptors (Lipinski definition) is 5. The van der Waals surface area contributed by atoms with Crippen LogP contribution in [0.4, 0.5) is 5.69 Å². The molecule has 0 N–H and O–H groups in total. The van der Waals surface area contributed by atoms with Gasteiger partial charge in [-0.25, -0.2) is 0 Å². The second-order valence-corrected chi connectivity index (χ2v) is 8.62. The van der Waals surface area contributed by atoms with E-state index in [1.165, 1.54) is 0 Å². The van der Waals surface area contributed by atoms with Gasteiger partial charge in [0.25, 0.3) is 11.7 Å². The predicted molar refractivity (Wildman–Crippen MR) is 129 cm³/mol. The minimum absolute atomic E-state index is 0.0218. The molecule has 0 saturated carbocycles. The molecule has 0 bridgehead atoms. The molecule has 2 aliphatic rings. The normalized spacial score (nSPS) is 16.6. The molecular weight excluding hydrogens is 432 g/mol. The van der Waals surface area contributed by atoms with Crippen LogP contribution in [0.25, 0.3) is 10.9 Å². The molecule has 0 radical (unpaired) electrons. The predicted octanol–water partition coefficient (Wildman–Crippen LogP) is 2.03. The Bertz CT molecular complexity index is 1190.